The molecule has 0 unspecified atom stereocenters. The summed E-state index contributed by atoms with van der Waals surface area (Å²) in [6, 6.07) is 14.9. The van der Waals surface area contributed by atoms with Crippen molar-refractivity contribution in [1.29, 1.82) is 0 Å². The van der Waals surface area contributed by atoms with E-state index in [4.69, 9.17) is 16.3 Å². The fourth-order valence-electron chi connectivity index (χ4n) is 2.94. The second-order valence-corrected chi connectivity index (χ2v) is 7.15. The van der Waals surface area contributed by atoms with Crippen LogP contribution in [0, 0.1) is 0 Å². The molecule has 6 heteroatoms. The predicted octanol–water partition coefficient (Wildman–Crippen LogP) is 4.93. The number of anilines is 1. The average Bonchev–Trinajstić information content (AvgIpc) is 2.55. The number of benzene rings is 2. The maximum absolute atomic E-state index is 12.5. The highest BCUT2D eigenvalue weighted by Gasteiger charge is 2.36. The van der Waals surface area contributed by atoms with Crippen molar-refractivity contribution in [2.45, 2.75) is 18.4 Å². The quantitative estimate of drug-likeness (QED) is 0.755. The zero-order valence-corrected chi connectivity index (χ0v) is 15.4. The number of hydrogen-bond acceptors (Lipinski definition) is 2. The van der Waals surface area contributed by atoms with Crippen molar-refractivity contribution in [3.8, 4) is 0 Å². The molecule has 1 aliphatic heterocycles. The summed E-state index contributed by atoms with van der Waals surface area (Å²) >= 11 is 9.47. The van der Waals surface area contributed by atoms with E-state index in [1.165, 1.54) is 0 Å². The number of nitrogens with one attached hydrogen (secondary N) is 2. The molecule has 0 atom stereocenters. The van der Waals surface area contributed by atoms with Crippen LogP contribution in [0.3, 0.4) is 0 Å². The van der Waals surface area contributed by atoms with Crippen LogP contribution >= 0.6 is 27.5 Å². The minimum Gasteiger partial charge on any atom is -0.381 e. The first-order chi connectivity index (χ1) is 11.6. The number of hydrogen-bond donors (Lipinski definition) is 2. The number of carbonyl (C=O) groups is 1. The maximum Gasteiger partial charge on any atom is 0.319 e. The Morgan fingerprint density at radius 3 is 2.58 bits per heavy atom. The molecule has 0 bridgehead atoms. The predicted molar refractivity (Wildman–Crippen MR) is 99.5 cm³/mol. The monoisotopic (exact) mass is 408 g/mol. The Morgan fingerprint density at radius 2 is 1.88 bits per heavy atom. The number of amides is 2. The Bertz CT molecular complexity index is 732. The van der Waals surface area contributed by atoms with Crippen LogP contribution in [0.15, 0.2) is 53.0 Å². The third-order valence-corrected chi connectivity index (χ3v) is 4.89. The number of urea groups is 1. The van der Waals surface area contributed by atoms with Crippen LogP contribution in [0.2, 0.25) is 5.02 Å². The summed E-state index contributed by atoms with van der Waals surface area (Å²) in [6.07, 6.45) is 1.46. The van der Waals surface area contributed by atoms with Gasteiger partial charge in [-0.3, -0.25) is 0 Å². The van der Waals surface area contributed by atoms with E-state index in [1.807, 2.05) is 24.3 Å². The third kappa shape index (κ3) is 4.09. The van der Waals surface area contributed by atoms with Crippen LogP contribution in [-0.4, -0.2) is 19.2 Å². The molecule has 0 spiro atoms. The summed E-state index contributed by atoms with van der Waals surface area (Å²) in [5.74, 6) is 0. The molecule has 2 amide bonds. The van der Waals surface area contributed by atoms with Crippen molar-refractivity contribution in [2.75, 3.05) is 18.5 Å². The van der Waals surface area contributed by atoms with Crippen LogP contribution < -0.4 is 10.6 Å². The standard InChI is InChI=1S/C18H18BrClN2O2/c19-14-4-1-3-13(11-14)18(7-9-24-10-8-18)22-17(23)21-16-6-2-5-15(20)12-16/h1-6,11-12H,7-10H2,(H2,21,22,23). The molecule has 3 rings (SSSR count). The molecule has 0 saturated carbocycles. The zero-order chi connectivity index (χ0) is 17.0. The molecule has 126 valence electrons. The summed E-state index contributed by atoms with van der Waals surface area (Å²) in [7, 11) is 0. The van der Waals surface area contributed by atoms with Gasteiger partial charge < -0.3 is 15.4 Å². The fraction of sp³-hybridized carbons (Fsp3) is 0.278. The minimum absolute atomic E-state index is 0.251. The fourth-order valence-corrected chi connectivity index (χ4v) is 3.53. The molecule has 0 aliphatic carbocycles. The first kappa shape index (κ1) is 17.3. The van der Waals surface area contributed by atoms with Crippen molar-refractivity contribution >= 4 is 39.2 Å². The van der Waals surface area contributed by atoms with Gasteiger partial charge >= 0.3 is 6.03 Å². The third-order valence-electron chi connectivity index (χ3n) is 4.16. The van der Waals surface area contributed by atoms with Crippen molar-refractivity contribution < 1.29 is 9.53 Å². The van der Waals surface area contributed by atoms with Gasteiger partial charge in [-0.05, 0) is 48.7 Å². The van der Waals surface area contributed by atoms with E-state index in [2.05, 4.69) is 26.6 Å². The SMILES string of the molecule is O=C(Nc1cccc(Cl)c1)NC1(c2cccc(Br)c2)CCOCC1. The van der Waals surface area contributed by atoms with Gasteiger partial charge in [0.2, 0.25) is 0 Å². The van der Waals surface area contributed by atoms with E-state index in [-0.39, 0.29) is 6.03 Å². The summed E-state index contributed by atoms with van der Waals surface area (Å²) in [4.78, 5) is 12.5. The molecule has 1 heterocycles. The summed E-state index contributed by atoms with van der Waals surface area (Å²) in [5.41, 5.74) is 1.29. The van der Waals surface area contributed by atoms with Gasteiger partial charge in [0, 0.05) is 28.4 Å². The molecule has 4 nitrogen and oxygen atoms in total. The second-order valence-electron chi connectivity index (χ2n) is 5.79. The molecule has 0 radical (unpaired) electrons. The summed E-state index contributed by atoms with van der Waals surface area (Å²) < 4.78 is 6.48. The average molecular weight is 410 g/mol. The zero-order valence-electron chi connectivity index (χ0n) is 13.0. The second kappa shape index (κ2) is 7.55. The number of ether oxygens (including phenoxy) is 1. The summed E-state index contributed by atoms with van der Waals surface area (Å²) in [6.45, 7) is 1.23. The van der Waals surface area contributed by atoms with Gasteiger partial charge in [-0.2, -0.15) is 0 Å². The van der Waals surface area contributed by atoms with Crippen molar-refractivity contribution in [3.05, 3.63) is 63.6 Å². The lowest BCUT2D eigenvalue weighted by Gasteiger charge is -2.38. The van der Waals surface area contributed by atoms with Crippen LogP contribution in [0.4, 0.5) is 10.5 Å². The van der Waals surface area contributed by atoms with Crippen LogP contribution in [0.1, 0.15) is 18.4 Å². The molecule has 0 aromatic heterocycles. The highest BCUT2D eigenvalue weighted by molar-refractivity contribution is 9.10. The Kier molecular flexibility index (Phi) is 5.43. The number of halogens is 2. The van der Waals surface area contributed by atoms with Crippen LogP contribution in [-0.2, 0) is 10.3 Å². The number of rotatable bonds is 3. The van der Waals surface area contributed by atoms with E-state index in [1.54, 1.807) is 24.3 Å². The largest absolute Gasteiger partial charge is 0.381 e. The molecule has 1 aliphatic rings. The minimum atomic E-state index is -0.440. The van der Waals surface area contributed by atoms with E-state index >= 15 is 0 Å². The lowest BCUT2D eigenvalue weighted by atomic mass is 9.83. The Morgan fingerprint density at radius 1 is 1.12 bits per heavy atom. The molecule has 1 fully saturated rings. The highest BCUT2D eigenvalue weighted by Crippen LogP contribution is 2.33. The van der Waals surface area contributed by atoms with Gasteiger partial charge in [0.05, 0.1) is 5.54 Å². The van der Waals surface area contributed by atoms with Crippen molar-refractivity contribution in [3.63, 3.8) is 0 Å². The number of carbonyl (C=O) groups excluding carboxylic acids is 1. The molecule has 2 aromatic rings. The Labute approximate surface area is 154 Å². The van der Waals surface area contributed by atoms with Gasteiger partial charge in [-0.25, -0.2) is 4.79 Å². The van der Waals surface area contributed by atoms with Crippen LogP contribution in [0.5, 0.6) is 0 Å². The lowest BCUT2D eigenvalue weighted by molar-refractivity contribution is 0.0418. The highest BCUT2D eigenvalue weighted by atomic mass is 79.9. The van der Waals surface area contributed by atoms with E-state index in [9.17, 15) is 4.79 Å². The summed E-state index contributed by atoms with van der Waals surface area (Å²) in [5, 5.41) is 6.59. The molecule has 2 N–H and O–H groups in total. The van der Waals surface area contributed by atoms with Gasteiger partial charge in [0.25, 0.3) is 0 Å². The first-order valence-corrected chi connectivity index (χ1v) is 8.93. The van der Waals surface area contributed by atoms with Gasteiger partial charge in [-0.15, -0.1) is 0 Å². The van der Waals surface area contributed by atoms with Crippen molar-refractivity contribution in [1.82, 2.24) is 5.32 Å². The molecule has 24 heavy (non-hydrogen) atoms. The van der Waals surface area contributed by atoms with Gasteiger partial charge in [0.15, 0.2) is 0 Å². The molecule has 1 saturated heterocycles. The van der Waals surface area contributed by atoms with Gasteiger partial charge in [0.1, 0.15) is 0 Å². The lowest BCUT2D eigenvalue weighted by Crippen LogP contribution is -2.50. The Balaban J connectivity index is 1.80. The van der Waals surface area contributed by atoms with Crippen molar-refractivity contribution in [2.24, 2.45) is 0 Å². The molecular formula is C18H18BrClN2O2. The smallest absolute Gasteiger partial charge is 0.319 e. The van der Waals surface area contributed by atoms with Crippen LogP contribution in [0.25, 0.3) is 0 Å². The Hall–Kier alpha value is -1.56. The normalized spacial score (nSPS) is 16.4. The molecule has 2 aromatic carbocycles. The van der Waals surface area contributed by atoms with Gasteiger partial charge in [-0.1, -0.05) is 45.7 Å². The molecular weight excluding hydrogens is 392 g/mol. The maximum atomic E-state index is 12.5. The van der Waals surface area contributed by atoms with E-state index in [0.29, 0.717) is 23.9 Å². The topological polar surface area (TPSA) is 50.4 Å². The first-order valence-electron chi connectivity index (χ1n) is 7.76. The van der Waals surface area contributed by atoms with E-state index in [0.717, 1.165) is 22.9 Å². The van der Waals surface area contributed by atoms with E-state index < -0.39 is 5.54 Å².